The maximum Gasteiger partial charge on any atom is 0.141 e. The minimum atomic E-state index is 0.769. The van der Waals surface area contributed by atoms with Crippen LogP contribution in [0.1, 0.15) is 40.2 Å². The van der Waals surface area contributed by atoms with Crippen molar-refractivity contribution >= 4 is 27.4 Å². The molecular weight excluding hydrogens is 374 g/mol. The molecule has 0 radical (unpaired) electrons. The van der Waals surface area contributed by atoms with Gasteiger partial charge in [-0.05, 0) is 42.4 Å². The molecule has 0 aliphatic heterocycles. The molecule has 3 nitrogen and oxygen atoms in total. The Morgan fingerprint density at radius 3 is 2.31 bits per heavy atom. The van der Waals surface area contributed by atoms with E-state index in [0.29, 0.717) is 0 Å². The summed E-state index contributed by atoms with van der Waals surface area (Å²) in [5, 5.41) is 1.29. The Kier molecular flexibility index (Phi) is 5.03. The fourth-order valence-corrected chi connectivity index (χ4v) is 5.52. The van der Waals surface area contributed by atoms with Gasteiger partial charge in [-0.2, -0.15) is 0 Å². The molecule has 2 heterocycles. The summed E-state index contributed by atoms with van der Waals surface area (Å²) in [6, 6.07) is 21.2. The molecule has 0 saturated carbocycles. The largest absolute Gasteiger partial charge is 0.355 e. The van der Waals surface area contributed by atoms with Crippen molar-refractivity contribution < 1.29 is 0 Å². The van der Waals surface area contributed by atoms with Crippen LogP contribution in [0.15, 0.2) is 60.7 Å². The van der Waals surface area contributed by atoms with E-state index in [0.717, 1.165) is 35.9 Å². The Morgan fingerprint density at radius 2 is 1.55 bits per heavy atom. The molecule has 1 aliphatic rings. The van der Waals surface area contributed by atoms with Crippen LogP contribution in [-0.4, -0.2) is 17.0 Å². The van der Waals surface area contributed by atoms with Crippen LogP contribution in [0, 0.1) is 0 Å². The lowest BCUT2D eigenvalue weighted by atomic mass is 9.97. The zero-order valence-electron chi connectivity index (χ0n) is 16.8. The Bertz CT molecular complexity index is 1120. The monoisotopic (exact) mass is 399 g/mol. The Balaban J connectivity index is 1.59. The number of rotatable bonds is 5. The van der Waals surface area contributed by atoms with Gasteiger partial charge in [-0.1, -0.05) is 60.7 Å². The highest BCUT2D eigenvalue weighted by molar-refractivity contribution is 7.19. The minimum Gasteiger partial charge on any atom is -0.355 e. The average Bonchev–Trinajstić information content (AvgIpc) is 3.13. The van der Waals surface area contributed by atoms with E-state index in [1.54, 1.807) is 0 Å². The van der Waals surface area contributed by atoms with Gasteiger partial charge in [0.05, 0.1) is 5.39 Å². The van der Waals surface area contributed by atoms with Crippen molar-refractivity contribution in [2.24, 2.45) is 0 Å². The molecule has 1 aliphatic carbocycles. The van der Waals surface area contributed by atoms with Crippen molar-refractivity contribution in [1.29, 1.82) is 0 Å². The highest BCUT2D eigenvalue weighted by Gasteiger charge is 2.23. The van der Waals surface area contributed by atoms with E-state index in [9.17, 15) is 0 Å². The van der Waals surface area contributed by atoms with Crippen LogP contribution < -0.4 is 4.90 Å². The first-order valence-corrected chi connectivity index (χ1v) is 11.2. The first-order chi connectivity index (χ1) is 14.3. The van der Waals surface area contributed by atoms with Crippen LogP contribution in [0.2, 0.25) is 0 Å². The van der Waals surface area contributed by atoms with Crippen LogP contribution in [-0.2, 0) is 25.8 Å². The van der Waals surface area contributed by atoms with Gasteiger partial charge in [0.1, 0.15) is 16.5 Å². The lowest BCUT2D eigenvalue weighted by Gasteiger charge is -2.21. The molecular formula is C25H25N3S. The molecule has 0 spiro atoms. The molecule has 0 N–H and O–H groups in total. The lowest BCUT2D eigenvalue weighted by Crippen LogP contribution is -2.19. The van der Waals surface area contributed by atoms with Gasteiger partial charge in [0, 0.05) is 24.9 Å². The number of anilines is 1. The maximum atomic E-state index is 5.09. The average molecular weight is 400 g/mol. The van der Waals surface area contributed by atoms with Gasteiger partial charge in [-0.15, -0.1) is 11.3 Å². The number of benzene rings is 2. The van der Waals surface area contributed by atoms with Gasteiger partial charge in [0.2, 0.25) is 0 Å². The summed E-state index contributed by atoms with van der Waals surface area (Å²) in [6.07, 6.45) is 5.67. The fourth-order valence-electron chi connectivity index (χ4n) is 4.25. The predicted molar refractivity (Wildman–Crippen MR) is 122 cm³/mol. The summed E-state index contributed by atoms with van der Waals surface area (Å²) in [5.74, 6) is 2.00. The fraction of sp³-hybridized carbons (Fsp3) is 0.280. The number of thiophene rings is 1. The first-order valence-electron chi connectivity index (χ1n) is 10.4. The van der Waals surface area contributed by atoms with Crippen molar-refractivity contribution in [3.05, 3.63) is 88.1 Å². The van der Waals surface area contributed by atoms with Crippen LogP contribution in [0.25, 0.3) is 10.2 Å². The third-order valence-corrected chi connectivity index (χ3v) is 6.86. The number of hydrogen-bond acceptors (Lipinski definition) is 4. The summed E-state index contributed by atoms with van der Waals surface area (Å²) in [5.41, 5.74) is 4.05. The molecule has 0 unspecified atom stereocenters. The standard InChI is InChI=1S/C25H25N3S/c1-28(17-19-12-6-3-7-13-19)24-23-20-14-8-9-15-21(20)29-25(23)27-22(26-24)16-18-10-4-2-5-11-18/h2-7,10-13H,8-9,14-17H2,1H3. The van der Waals surface area contributed by atoms with Crippen LogP contribution in [0.4, 0.5) is 5.82 Å². The minimum absolute atomic E-state index is 0.769. The van der Waals surface area contributed by atoms with Crippen molar-refractivity contribution in [2.45, 2.75) is 38.6 Å². The van der Waals surface area contributed by atoms with Crippen molar-refractivity contribution in [3.63, 3.8) is 0 Å². The van der Waals surface area contributed by atoms with E-state index in [1.807, 2.05) is 11.3 Å². The lowest BCUT2D eigenvalue weighted by molar-refractivity contribution is 0.700. The molecule has 4 aromatic rings. The van der Waals surface area contributed by atoms with Gasteiger partial charge in [-0.25, -0.2) is 9.97 Å². The highest BCUT2D eigenvalue weighted by atomic mass is 32.1. The molecule has 0 saturated heterocycles. The molecule has 4 heteroatoms. The van der Waals surface area contributed by atoms with Gasteiger partial charge in [-0.3, -0.25) is 0 Å². The molecule has 29 heavy (non-hydrogen) atoms. The SMILES string of the molecule is CN(Cc1ccccc1)c1nc(Cc2ccccc2)nc2sc3c(c12)CCCC3. The topological polar surface area (TPSA) is 29.0 Å². The van der Waals surface area contributed by atoms with E-state index in [1.165, 1.54) is 46.2 Å². The summed E-state index contributed by atoms with van der Waals surface area (Å²) in [7, 11) is 2.16. The van der Waals surface area contributed by atoms with Gasteiger partial charge < -0.3 is 4.90 Å². The second-order valence-corrected chi connectivity index (χ2v) is 8.94. The quantitative estimate of drug-likeness (QED) is 0.425. The summed E-state index contributed by atoms with van der Waals surface area (Å²) in [6.45, 7) is 0.850. The third-order valence-electron chi connectivity index (χ3n) is 5.67. The summed E-state index contributed by atoms with van der Waals surface area (Å²) < 4.78 is 0. The van der Waals surface area contributed by atoms with Crippen LogP contribution >= 0.6 is 11.3 Å². The molecule has 5 rings (SSSR count). The van der Waals surface area contributed by atoms with Crippen LogP contribution in [0.3, 0.4) is 0 Å². The summed E-state index contributed by atoms with van der Waals surface area (Å²) in [4.78, 5) is 15.1. The van der Waals surface area contributed by atoms with Crippen molar-refractivity contribution in [3.8, 4) is 0 Å². The molecule has 2 aromatic heterocycles. The molecule has 146 valence electrons. The third kappa shape index (κ3) is 3.77. The van der Waals surface area contributed by atoms with Crippen LogP contribution in [0.5, 0.6) is 0 Å². The second kappa shape index (κ2) is 7.96. The molecule has 0 bridgehead atoms. The van der Waals surface area contributed by atoms with Gasteiger partial charge >= 0.3 is 0 Å². The van der Waals surface area contributed by atoms with E-state index in [2.05, 4.69) is 72.6 Å². The van der Waals surface area contributed by atoms with Crippen molar-refractivity contribution in [1.82, 2.24) is 9.97 Å². The van der Waals surface area contributed by atoms with E-state index in [4.69, 9.17) is 9.97 Å². The normalized spacial score (nSPS) is 13.4. The van der Waals surface area contributed by atoms with Gasteiger partial charge in [0.15, 0.2) is 0 Å². The smallest absolute Gasteiger partial charge is 0.141 e. The number of hydrogen-bond donors (Lipinski definition) is 0. The number of aryl methyl sites for hydroxylation is 2. The number of fused-ring (bicyclic) bond motifs is 3. The zero-order chi connectivity index (χ0) is 19.6. The Morgan fingerprint density at radius 1 is 0.862 bits per heavy atom. The van der Waals surface area contributed by atoms with E-state index >= 15 is 0 Å². The molecule has 0 atom stereocenters. The summed E-state index contributed by atoms with van der Waals surface area (Å²) >= 11 is 1.88. The highest BCUT2D eigenvalue weighted by Crippen LogP contribution is 2.40. The Labute approximate surface area is 176 Å². The zero-order valence-corrected chi connectivity index (χ0v) is 17.6. The van der Waals surface area contributed by atoms with E-state index in [-0.39, 0.29) is 0 Å². The maximum absolute atomic E-state index is 5.09. The number of aromatic nitrogens is 2. The first kappa shape index (κ1) is 18.3. The molecule has 2 aromatic carbocycles. The number of nitrogens with zero attached hydrogens (tertiary/aromatic N) is 3. The molecule has 0 fully saturated rings. The predicted octanol–water partition coefficient (Wildman–Crippen LogP) is 5.80. The Hall–Kier alpha value is -2.72. The van der Waals surface area contributed by atoms with Gasteiger partial charge in [0.25, 0.3) is 0 Å². The van der Waals surface area contributed by atoms with E-state index < -0.39 is 0 Å². The molecule has 0 amide bonds. The van der Waals surface area contributed by atoms with Crippen molar-refractivity contribution in [2.75, 3.05) is 11.9 Å². The second-order valence-electron chi connectivity index (χ2n) is 7.86.